The Morgan fingerprint density at radius 3 is 2.73 bits per heavy atom. The third-order valence-corrected chi connectivity index (χ3v) is 8.55. The molecule has 0 atom stereocenters. The standard InChI is InChI=1S/C28H29N5O6S2/c1-3-38-27(36)24-17-9-4-7-13-21(17)41-26(24)30-23(34)16-40-28-32-31-22(15-29-25(35)20-12-8-14-39-20)33(28)18-10-5-6-11-19(18)37-2/h5-6,8,10-12,14H,3-4,7,9,13,15-16H2,1-2H3,(H,29,35)(H,30,34). The number of fused-ring (bicyclic) bond motifs is 1. The lowest BCUT2D eigenvalue weighted by atomic mass is 9.95. The first kappa shape index (κ1) is 28.4. The van der Waals surface area contributed by atoms with Crippen LogP contribution in [0.25, 0.3) is 5.69 Å². The Labute approximate surface area is 244 Å². The Hall–Kier alpha value is -4.10. The first-order valence-corrected chi connectivity index (χ1v) is 14.9. The van der Waals surface area contributed by atoms with E-state index in [0.29, 0.717) is 33.0 Å². The van der Waals surface area contributed by atoms with Crippen molar-refractivity contribution in [2.45, 2.75) is 44.3 Å². The molecule has 13 heteroatoms. The van der Waals surface area contributed by atoms with E-state index in [-0.39, 0.29) is 30.6 Å². The van der Waals surface area contributed by atoms with Gasteiger partial charge in [-0.2, -0.15) is 0 Å². The second-order valence-electron chi connectivity index (χ2n) is 9.04. The predicted octanol–water partition coefficient (Wildman–Crippen LogP) is 4.65. The fourth-order valence-electron chi connectivity index (χ4n) is 4.58. The number of aromatic nitrogens is 3. The first-order valence-electron chi connectivity index (χ1n) is 13.1. The maximum Gasteiger partial charge on any atom is 0.341 e. The zero-order valence-electron chi connectivity index (χ0n) is 22.6. The smallest absolute Gasteiger partial charge is 0.341 e. The van der Waals surface area contributed by atoms with Crippen molar-refractivity contribution in [1.29, 1.82) is 0 Å². The highest BCUT2D eigenvalue weighted by Gasteiger charge is 2.27. The molecule has 1 aliphatic carbocycles. The maximum atomic E-state index is 13.1. The van der Waals surface area contributed by atoms with Crippen LogP contribution in [0.4, 0.5) is 5.00 Å². The topological polar surface area (TPSA) is 138 Å². The van der Waals surface area contributed by atoms with E-state index in [1.807, 2.05) is 18.2 Å². The summed E-state index contributed by atoms with van der Waals surface area (Å²) in [7, 11) is 1.56. The molecule has 3 aromatic heterocycles. The molecule has 0 saturated carbocycles. The van der Waals surface area contributed by atoms with E-state index < -0.39 is 11.9 Å². The average molecular weight is 596 g/mol. The van der Waals surface area contributed by atoms with Crippen LogP contribution < -0.4 is 15.4 Å². The number of benzene rings is 1. The molecular formula is C28H29N5O6S2. The third kappa shape index (κ3) is 6.30. The summed E-state index contributed by atoms with van der Waals surface area (Å²) in [6.07, 6.45) is 5.17. The van der Waals surface area contributed by atoms with Crippen LogP contribution in [0.3, 0.4) is 0 Å². The lowest BCUT2D eigenvalue weighted by Crippen LogP contribution is -2.24. The van der Waals surface area contributed by atoms with E-state index in [0.717, 1.165) is 36.1 Å². The number of para-hydroxylation sites is 2. The number of methoxy groups -OCH3 is 1. The van der Waals surface area contributed by atoms with E-state index >= 15 is 0 Å². The SMILES string of the molecule is CCOC(=O)c1c(NC(=O)CSc2nnc(CNC(=O)c3ccco3)n2-c2ccccc2OC)sc2c1CCCC2. The third-order valence-electron chi connectivity index (χ3n) is 6.41. The molecular weight excluding hydrogens is 566 g/mol. The number of nitrogens with zero attached hydrogens (tertiary/aromatic N) is 3. The number of anilines is 1. The van der Waals surface area contributed by atoms with E-state index in [4.69, 9.17) is 13.9 Å². The number of esters is 1. The number of ether oxygens (including phenoxy) is 2. The molecule has 214 valence electrons. The van der Waals surface area contributed by atoms with Gasteiger partial charge in [0.05, 0.1) is 43.5 Å². The first-order chi connectivity index (χ1) is 20.0. The van der Waals surface area contributed by atoms with Crippen molar-refractivity contribution in [3.8, 4) is 11.4 Å². The van der Waals surface area contributed by atoms with Crippen molar-refractivity contribution in [2.75, 3.05) is 24.8 Å². The van der Waals surface area contributed by atoms with Crippen LogP contribution in [0.15, 0.2) is 52.2 Å². The molecule has 1 aliphatic rings. The van der Waals surface area contributed by atoms with Gasteiger partial charge in [0, 0.05) is 4.88 Å². The number of nitrogens with one attached hydrogen (secondary N) is 2. The molecule has 0 fully saturated rings. The fraction of sp³-hybridized carbons (Fsp3) is 0.321. The molecule has 1 aromatic carbocycles. The van der Waals surface area contributed by atoms with Gasteiger partial charge in [-0.25, -0.2) is 4.79 Å². The summed E-state index contributed by atoms with van der Waals surface area (Å²) in [6, 6.07) is 10.5. The second kappa shape index (κ2) is 13.0. The Bertz CT molecular complexity index is 1550. The number of amides is 2. The average Bonchev–Trinajstić information content (AvgIpc) is 3.73. The normalized spacial score (nSPS) is 12.4. The lowest BCUT2D eigenvalue weighted by Gasteiger charge is -2.14. The molecule has 5 rings (SSSR count). The highest BCUT2D eigenvalue weighted by molar-refractivity contribution is 7.99. The maximum absolute atomic E-state index is 13.1. The molecule has 11 nitrogen and oxygen atoms in total. The molecule has 2 N–H and O–H groups in total. The Balaban J connectivity index is 1.35. The van der Waals surface area contributed by atoms with Crippen LogP contribution in [0.5, 0.6) is 5.75 Å². The molecule has 2 amide bonds. The Morgan fingerprint density at radius 2 is 1.95 bits per heavy atom. The molecule has 41 heavy (non-hydrogen) atoms. The monoisotopic (exact) mass is 595 g/mol. The molecule has 4 aromatic rings. The van der Waals surface area contributed by atoms with Gasteiger partial charge in [-0.15, -0.1) is 21.5 Å². The molecule has 0 bridgehead atoms. The Morgan fingerprint density at radius 1 is 1.12 bits per heavy atom. The van der Waals surface area contributed by atoms with Gasteiger partial charge < -0.3 is 24.5 Å². The van der Waals surface area contributed by atoms with Crippen molar-refractivity contribution in [1.82, 2.24) is 20.1 Å². The van der Waals surface area contributed by atoms with Gasteiger partial charge in [0.15, 0.2) is 16.7 Å². The van der Waals surface area contributed by atoms with E-state index in [9.17, 15) is 14.4 Å². The minimum absolute atomic E-state index is 0.0108. The minimum atomic E-state index is -0.410. The number of hydrogen-bond acceptors (Lipinski definition) is 10. The molecule has 0 spiro atoms. The van der Waals surface area contributed by atoms with Crippen molar-refractivity contribution in [3.05, 3.63) is 70.3 Å². The van der Waals surface area contributed by atoms with Crippen molar-refractivity contribution in [3.63, 3.8) is 0 Å². The van der Waals surface area contributed by atoms with Gasteiger partial charge >= 0.3 is 5.97 Å². The van der Waals surface area contributed by atoms with E-state index in [1.165, 1.54) is 29.4 Å². The number of carbonyl (C=O) groups excluding carboxylic acids is 3. The fourth-order valence-corrected chi connectivity index (χ4v) is 6.64. The van der Waals surface area contributed by atoms with Gasteiger partial charge in [0.25, 0.3) is 5.91 Å². The van der Waals surface area contributed by atoms with Crippen molar-refractivity contribution >= 4 is 45.9 Å². The summed E-state index contributed by atoms with van der Waals surface area (Å²) >= 11 is 2.62. The minimum Gasteiger partial charge on any atom is -0.495 e. The predicted molar refractivity (Wildman–Crippen MR) is 154 cm³/mol. The molecule has 0 saturated heterocycles. The van der Waals surface area contributed by atoms with Crippen LogP contribution in [-0.2, 0) is 28.9 Å². The lowest BCUT2D eigenvalue weighted by molar-refractivity contribution is -0.113. The second-order valence-corrected chi connectivity index (χ2v) is 11.1. The van der Waals surface area contributed by atoms with Gasteiger partial charge in [0.1, 0.15) is 10.8 Å². The summed E-state index contributed by atoms with van der Waals surface area (Å²) < 4.78 is 17.8. The summed E-state index contributed by atoms with van der Waals surface area (Å²) in [5.41, 5.74) is 2.11. The summed E-state index contributed by atoms with van der Waals surface area (Å²) in [5.74, 6) is 0.102. The summed E-state index contributed by atoms with van der Waals surface area (Å²) in [4.78, 5) is 39.5. The number of thioether (sulfide) groups is 1. The van der Waals surface area contributed by atoms with Crippen LogP contribution in [0, 0.1) is 0 Å². The zero-order valence-corrected chi connectivity index (χ0v) is 24.2. The summed E-state index contributed by atoms with van der Waals surface area (Å²) in [5, 5.41) is 15.3. The number of furan rings is 1. The molecule has 3 heterocycles. The molecule has 0 radical (unpaired) electrons. The van der Waals surface area contributed by atoms with Crippen LogP contribution in [0.2, 0.25) is 0 Å². The van der Waals surface area contributed by atoms with Crippen LogP contribution in [0.1, 0.15) is 56.9 Å². The Kier molecular flexibility index (Phi) is 9.04. The highest BCUT2D eigenvalue weighted by atomic mass is 32.2. The van der Waals surface area contributed by atoms with Gasteiger partial charge in [0.2, 0.25) is 5.91 Å². The number of carbonyl (C=O) groups is 3. The van der Waals surface area contributed by atoms with Crippen LogP contribution >= 0.6 is 23.1 Å². The number of hydrogen-bond donors (Lipinski definition) is 2. The zero-order chi connectivity index (χ0) is 28.8. The highest BCUT2D eigenvalue weighted by Crippen LogP contribution is 2.39. The van der Waals surface area contributed by atoms with Crippen LogP contribution in [-0.4, -0.2) is 52.0 Å². The number of rotatable bonds is 11. The number of thiophene rings is 1. The molecule has 0 aliphatic heterocycles. The molecule has 0 unspecified atom stereocenters. The summed E-state index contributed by atoms with van der Waals surface area (Å²) in [6.45, 7) is 2.08. The van der Waals surface area contributed by atoms with Gasteiger partial charge in [-0.05, 0) is 62.4 Å². The largest absolute Gasteiger partial charge is 0.495 e. The number of aryl methyl sites for hydroxylation is 1. The van der Waals surface area contributed by atoms with Gasteiger partial charge in [-0.1, -0.05) is 23.9 Å². The quantitative estimate of drug-likeness (QED) is 0.188. The van der Waals surface area contributed by atoms with E-state index in [1.54, 1.807) is 36.8 Å². The van der Waals surface area contributed by atoms with Crippen molar-refractivity contribution < 1.29 is 28.3 Å². The van der Waals surface area contributed by atoms with Gasteiger partial charge in [-0.3, -0.25) is 14.2 Å². The van der Waals surface area contributed by atoms with E-state index in [2.05, 4.69) is 20.8 Å². The van der Waals surface area contributed by atoms with Crippen molar-refractivity contribution in [2.24, 2.45) is 0 Å².